The quantitative estimate of drug-likeness (QED) is 0.437. The van der Waals surface area contributed by atoms with Crippen LogP contribution in [0, 0.1) is 0 Å². The van der Waals surface area contributed by atoms with Crippen LogP contribution in [-0.4, -0.2) is 18.4 Å². The molecule has 3 aromatic carbocycles. The highest BCUT2D eigenvalue weighted by atomic mass is 35.5. The van der Waals surface area contributed by atoms with Crippen LogP contribution < -0.4 is 9.46 Å². The summed E-state index contributed by atoms with van der Waals surface area (Å²) >= 11 is 6.31. The molecule has 0 aliphatic carbocycles. The molecule has 1 aromatic heterocycles. The Bertz CT molecular complexity index is 1270. The molecular weight excluding hydrogens is 422 g/mol. The summed E-state index contributed by atoms with van der Waals surface area (Å²) < 4.78 is 33.7. The Balaban J connectivity index is 1.76. The Morgan fingerprint density at radius 2 is 1.43 bits per heavy atom. The number of para-hydroxylation sites is 1. The molecule has 0 spiro atoms. The lowest BCUT2D eigenvalue weighted by Crippen LogP contribution is -2.15. The first kappa shape index (κ1) is 19.9. The van der Waals surface area contributed by atoms with Crippen LogP contribution in [0.1, 0.15) is 0 Å². The Labute approximate surface area is 179 Å². The van der Waals surface area contributed by atoms with Crippen molar-refractivity contribution in [3.8, 4) is 22.9 Å². The van der Waals surface area contributed by atoms with Gasteiger partial charge in [-0.25, -0.2) is 18.1 Å². The van der Waals surface area contributed by atoms with E-state index in [2.05, 4.69) is 14.7 Å². The van der Waals surface area contributed by atoms with Crippen LogP contribution in [0.3, 0.4) is 0 Å². The van der Waals surface area contributed by atoms with Gasteiger partial charge in [0.2, 0.25) is 11.8 Å². The lowest BCUT2D eigenvalue weighted by atomic mass is 10.1. The highest BCUT2D eigenvalue weighted by Gasteiger charge is 2.18. The van der Waals surface area contributed by atoms with Crippen molar-refractivity contribution in [1.82, 2.24) is 9.97 Å². The summed E-state index contributed by atoms with van der Waals surface area (Å²) in [6.07, 6.45) is 0. The van der Waals surface area contributed by atoms with Gasteiger partial charge in [0, 0.05) is 16.7 Å². The highest BCUT2D eigenvalue weighted by molar-refractivity contribution is 7.92. The zero-order chi connectivity index (χ0) is 21.0. The molecule has 0 saturated carbocycles. The fraction of sp³-hybridized carbons (Fsp3) is 0. The van der Waals surface area contributed by atoms with Crippen LogP contribution in [0.4, 0.5) is 5.95 Å². The number of benzene rings is 3. The maximum Gasteiger partial charge on any atom is 0.264 e. The van der Waals surface area contributed by atoms with Gasteiger partial charge >= 0.3 is 0 Å². The van der Waals surface area contributed by atoms with E-state index in [1.165, 1.54) is 12.1 Å². The third-order valence-corrected chi connectivity index (χ3v) is 5.77. The van der Waals surface area contributed by atoms with E-state index in [0.29, 0.717) is 22.0 Å². The molecule has 0 radical (unpaired) electrons. The van der Waals surface area contributed by atoms with Crippen LogP contribution in [0.2, 0.25) is 5.02 Å². The molecule has 0 bridgehead atoms. The molecule has 4 rings (SSSR count). The van der Waals surface area contributed by atoms with E-state index in [1.54, 1.807) is 54.6 Å². The van der Waals surface area contributed by atoms with Crippen molar-refractivity contribution in [1.29, 1.82) is 0 Å². The number of sulfonamides is 1. The van der Waals surface area contributed by atoms with E-state index in [-0.39, 0.29) is 16.7 Å². The molecule has 1 heterocycles. The number of ether oxygens (including phenoxy) is 1. The first-order valence-electron chi connectivity index (χ1n) is 8.96. The molecule has 6 nitrogen and oxygen atoms in total. The number of hydrogen-bond donors (Lipinski definition) is 1. The van der Waals surface area contributed by atoms with E-state index >= 15 is 0 Å². The average molecular weight is 438 g/mol. The van der Waals surface area contributed by atoms with Crippen molar-refractivity contribution >= 4 is 27.6 Å². The number of anilines is 1. The van der Waals surface area contributed by atoms with Crippen LogP contribution in [0.5, 0.6) is 11.6 Å². The largest absolute Gasteiger partial charge is 0.439 e. The Morgan fingerprint density at radius 3 is 2.13 bits per heavy atom. The Kier molecular flexibility index (Phi) is 5.65. The fourth-order valence-corrected chi connectivity index (χ4v) is 3.92. The average Bonchev–Trinajstić information content (AvgIpc) is 2.75. The van der Waals surface area contributed by atoms with Gasteiger partial charge in [-0.1, -0.05) is 66.2 Å². The van der Waals surface area contributed by atoms with Gasteiger partial charge in [-0.05, 0) is 30.3 Å². The summed E-state index contributed by atoms with van der Waals surface area (Å²) in [6, 6.07) is 25.8. The van der Waals surface area contributed by atoms with Crippen molar-refractivity contribution < 1.29 is 13.2 Å². The second kappa shape index (κ2) is 8.52. The highest BCUT2D eigenvalue weighted by Crippen LogP contribution is 2.31. The number of rotatable bonds is 6. The number of nitrogens with one attached hydrogen (secondary N) is 1. The van der Waals surface area contributed by atoms with Gasteiger partial charge in [-0.3, -0.25) is 0 Å². The topological polar surface area (TPSA) is 81.2 Å². The molecule has 0 aliphatic heterocycles. The maximum absolute atomic E-state index is 12.7. The molecule has 8 heteroatoms. The van der Waals surface area contributed by atoms with Crippen molar-refractivity contribution in [2.75, 3.05) is 4.72 Å². The van der Waals surface area contributed by atoms with E-state index in [0.717, 1.165) is 0 Å². The molecule has 0 amide bonds. The van der Waals surface area contributed by atoms with Crippen molar-refractivity contribution in [2.45, 2.75) is 4.90 Å². The van der Waals surface area contributed by atoms with Gasteiger partial charge in [-0.15, -0.1) is 0 Å². The molecule has 0 fully saturated rings. The molecule has 0 saturated heterocycles. The van der Waals surface area contributed by atoms with E-state index in [4.69, 9.17) is 16.3 Å². The Morgan fingerprint density at radius 1 is 0.800 bits per heavy atom. The molecular formula is C22H16ClN3O3S. The summed E-state index contributed by atoms with van der Waals surface area (Å²) in [4.78, 5) is 8.68. The molecule has 0 aliphatic rings. The number of hydrogen-bond acceptors (Lipinski definition) is 5. The third kappa shape index (κ3) is 4.59. The minimum Gasteiger partial charge on any atom is -0.439 e. The van der Waals surface area contributed by atoms with E-state index in [9.17, 15) is 8.42 Å². The molecule has 0 unspecified atom stereocenters. The minimum atomic E-state index is -3.88. The summed E-state index contributed by atoms with van der Waals surface area (Å²) in [5.41, 5.74) is 1.05. The van der Waals surface area contributed by atoms with Gasteiger partial charge in [-0.2, -0.15) is 4.98 Å². The van der Waals surface area contributed by atoms with Crippen molar-refractivity contribution in [3.05, 3.63) is 96.0 Å². The van der Waals surface area contributed by atoms with Gasteiger partial charge in [0.05, 0.1) is 10.6 Å². The van der Waals surface area contributed by atoms with Crippen molar-refractivity contribution in [3.63, 3.8) is 0 Å². The van der Waals surface area contributed by atoms with Crippen LogP contribution in [-0.2, 0) is 10.0 Å². The predicted molar refractivity (Wildman–Crippen MR) is 116 cm³/mol. The summed E-state index contributed by atoms with van der Waals surface area (Å²) in [6.45, 7) is 0. The van der Waals surface area contributed by atoms with Gasteiger partial charge in [0.15, 0.2) is 0 Å². The molecule has 150 valence electrons. The zero-order valence-corrected chi connectivity index (χ0v) is 17.1. The van der Waals surface area contributed by atoms with E-state index < -0.39 is 10.0 Å². The smallest absolute Gasteiger partial charge is 0.264 e. The lowest BCUT2D eigenvalue weighted by molar-refractivity contribution is 0.463. The summed E-state index contributed by atoms with van der Waals surface area (Å²) in [5, 5.41) is 0.471. The summed E-state index contributed by atoms with van der Waals surface area (Å²) in [7, 11) is -3.88. The monoisotopic (exact) mass is 437 g/mol. The molecule has 30 heavy (non-hydrogen) atoms. The molecule has 4 aromatic rings. The van der Waals surface area contributed by atoms with E-state index in [1.807, 2.05) is 24.3 Å². The minimum absolute atomic E-state index is 0.0993. The fourth-order valence-electron chi connectivity index (χ4n) is 2.72. The van der Waals surface area contributed by atoms with Gasteiger partial charge in [0.25, 0.3) is 10.0 Å². The Hall–Kier alpha value is -3.42. The maximum atomic E-state index is 12.7. The second-order valence-corrected chi connectivity index (χ2v) is 8.32. The standard InChI is InChI=1S/C22H16ClN3O3S/c23-19-14-8-7-13-18(19)20-15-21(29-16-9-3-1-4-10-16)25-22(24-20)26-30(27,28)17-11-5-2-6-12-17/h1-15H,(H,24,25,26). The van der Waals surface area contributed by atoms with Crippen LogP contribution >= 0.6 is 11.6 Å². The third-order valence-electron chi connectivity index (χ3n) is 4.10. The van der Waals surface area contributed by atoms with Crippen LogP contribution in [0.15, 0.2) is 95.9 Å². The molecule has 0 atom stereocenters. The normalized spacial score (nSPS) is 11.1. The summed E-state index contributed by atoms with van der Waals surface area (Å²) in [5.74, 6) is 0.609. The van der Waals surface area contributed by atoms with Crippen LogP contribution in [0.25, 0.3) is 11.3 Å². The first-order valence-corrected chi connectivity index (χ1v) is 10.8. The zero-order valence-electron chi connectivity index (χ0n) is 15.6. The number of nitrogens with zero attached hydrogens (tertiary/aromatic N) is 2. The lowest BCUT2D eigenvalue weighted by Gasteiger charge is -2.12. The first-order chi connectivity index (χ1) is 14.5. The van der Waals surface area contributed by atoms with Gasteiger partial charge in [0.1, 0.15) is 5.75 Å². The van der Waals surface area contributed by atoms with Crippen molar-refractivity contribution in [2.24, 2.45) is 0 Å². The second-order valence-electron chi connectivity index (χ2n) is 6.23. The number of halogens is 1. The molecule has 1 N–H and O–H groups in total. The van der Waals surface area contributed by atoms with Gasteiger partial charge < -0.3 is 4.74 Å². The predicted octanol–water partition coefficient (Wildman–Crippen LogP) is 5.39. The SMILES string of the molecule is O=S(=O)(Nc1nc(Oc2ccccc2)cc(-c2ccccc2Cl)n1)c1ccccc1. The number of aromatic nitrogens is 2.